The Kier molecular flexibility index (Phi) is 2.44. The highest BCUT2D eigenvalue weighted by atomic mass is 16.5. The van der Waals surface area contributed by atoms with Crippen LogP contribution in [0.15, 0.2) is 0 Å². The summed E-state index contributed by atoms with van der Waals surface area (Å²) < 4.78 is 5.22. The van der Waals surface area contributed by atoms with Gasteiger partial charge in [-0.1, -0.05) is 0 Å². The smallest absolute Gasteiger partial charge is 0.103 e. The zero-order chi connectivity index (χ0) is 6.78. The Morgan fingerprint density at radius 1 is 1.38 bits per heavy atom. The van der Waals surface area contributed by atoms with Gasteiger partial charge in [-0.3, -0.25) is 0 Å². The van der Waals surface area contributed by atoms with Gasteiger partial charge in [0.15, 0.2) is 0 Å². The summed E-state index contributed by atoms with van der Waals surface area (Å²) in [4.78, 5) is 0. The molecule has 0 bridgehead atoms. The SMILES string of the molecule is CC(N)OC(C)(C)C. The van der Waals surface area contributed by atoms with Crippen molar-refractivity contribution in [2.24, 2.45) is 5.73 Å². The largest absolute Gasteiger partial charge is 0.358 e. The topological polar surface area (TPSA) is 35.2 Å². The molecule has 0 rings (SSSR count). The summed E-state index contributed by atoms with van der Waals surface area (Å²) in [5.74, 6) is 0. The Labute approximate surface area is 51.0 Å². The van der Waals surface area contributed by atoms with Gasteiger partial charge in [0.2, 0.25) is 0 Å². The normalized spacial score (nSPS) is 16.1. The highest BCUT2D eigenvalue weighted by molar-refractivity contribution is 4.59. The van der Waals surface area contributed by atoms with Crippen LogP contribution >= 0.6 is 0 Å². The van der Waals surface area contributed by atoms with Crippen LogP contribution in [-0.2, 0) is 4.74 Å². The number of ether oxygens (including phenoxy) is 1. The molecule has 0 aliphatic carbocycles. The van der Waals surface area contributed by atoms with E-state index in [-0.39, 0.29) is 11.8 Å². The van der Waals surface area contributed by atoms with E-state index >= 15 is 0 Å². The molecule has 1 atom stereocenters. The van der Waals surface area contributed by atoms with Crippen LogP contribution in [0.5, 0.6) is 0 Å². The van der Waals surface area contributed by atoms with E-state index in [0.717, 1.165) is 0 Å². The molecule has 0 aliphatic heterocycles. The van der Waals surface area contributed by atoms with Gasteiger partial charge in [-0.05, 0) is 27.7 Å². The van der Waals surface area contributed by atoms with Crippen LogP contribution in [0.4, 0.5) is 0 Å². The number of hydrogen-bond donors (Lipinski definition) is 1. The lowest BCUT2D eigenvalue weighted by atomic mass is 10.2. The Balaban J connectivity index is 3.39. The van der Waals surface area contributed by atoms with Gasteiger partial charge in [0.05, 0.1) is 5.60 Å². The van der Waals surface area contributed by atoms with Crippen molar-refractivity contribution in [1.29, 1.82) is 0 Å². The molecule has 0 heterocycles. The Hall–Kier alpha value is -0.0800. The quantitative estimate of drug-likeness (QED) is 0.522. The molecule has 2 heteroatoms. The summed E-state index contributed by atoms with van der Waals surface area (Å²) in [6.07, 6.45) is -0.157. The fraction of sp³-hybridized carbons (Fsp3) is 1.00. The van der Waals surface area contributed by atoms with Crippen LogP contribution in [-0.4, -0.2) is 11.8 Å². The Bertz CT molecular complexity index is 63.4. The van der Waals surface area contributed by atoms with E-state index in [9.17, 15) is 0 Å². The Morgan fingerprint density at radius 3 is 1.75 bits per heavy atom. The predicted octanol–water partition coefficient (Wildman–Crippen LogP) is 1.11. The molecule has 0 aliphatic rings. The van der Waals surface area contributed by atoms with Gasteiger partial charge < -0.3 is 10.5 Å². The molecular formula is C6H15NO. The summed E-state index contributed by atoms with van der Waals surface area (Å²) in [6, 6.07) is 0. The van der Waals surface area contributed by atoms with E-state index in [4.69, 9.17) is 10.5 Å². The summed E-state index contributed by atoms with van der Waals surface area (Å²) >= 11 is 0. The highest BCUT2D eigenvalue weighted by Gasteiger charge is 2.11. The zero-order valence-electron chi connectivity index (χ0n) is 6.06. The molecule has 2 nitrogen and oxygen atoms in total. The molecule has 50 valence electrons. The molecule has 0 aromatic heterocycles. The molecule has 1 unspecified atom stereocenters. The molecule has 0 radical (unpaired) electrons. The third-order valence-electron chi connectivity index (χ3n) is 0.539. The van der Waals surface area contributed by atoms with Gasteiger partial charge >= 0.3 is 0 Å². The lowest BCUT2D eigenvalue weighted by Crippen LogP contribution is -2.30. The average molecular weight is 117 g/mol. The van der Waals surface area contributed by atoms with Gasteiger partial charge in [0, 0.05) is 0 Å². The van der Waals surface area contributed by atoms with Crippen molar-refractivity contribution in [2.75, 3.05) is 0 Å². The van der Waals surface area contributed by atoms with E-state index in [1.54, 1.807) is 0 Å². The van der Waals surface area contributed by atoms with Crippen LogP contribution in [0.3, 0.4) is 0 Å². The van der Waals surface area contributed by atoms with Crippen molar-refractivity contribution in [2.45, 2.75) is 39.5 Å². The van der Waals surface area contributed by atoms with Crippen LogP contribution in [0.1, 0.15) is 27.7 Å². The molecule has 0 aromatic carbocycles. The number of hydrogen-bond acceptors (Lipinski definition) is 2. The third-order valence-corrected chi connectivity index (χ3v) is 0.539. The summed E-state index contributed by atoms with van der Waals surface area (Å²) in [7, 11) is 0. The molecule has 0 aromatic rings. The maximum Gasteiger partial charge on any atom is 0.103 e. The second-order valence-electron chi connectivity index (χ2n) is 2.94. The van der Waals surface area contributed by atoms with Gasteiger partial charge in [-0.15, -0.1) is 0 Å². The van der Waals surface area contributed by atoms with E-state index in [0.29, 0.717) is 0 Å². The number of nitrogens with two attached hydrogens (primary N) is 1. The summed E-state index contributed by atoms with van der Waals surface area (Å²) in [5.41, 5.74) is 5.25. The van der Waals surface area contributed by atoms with Crippen molar-refractivity contribution in [3.05, 3.63) is 0 Å². The Morgan fingerprint density at radius 2 is 1.75 bits per heavy atom. The maximum atomic E-state index is 5.36. The molecule has 0 fully saturated rings. The van der Waals surface area contributed by atoms with E-state index < -0.39 is 0 Å². The highest BCUT2D eigenvalue weighted by Crippen LogP contribution is 2.06. The van der Waals surface area contributed by atoms with Crippen molar-refractivity contribution >= 4 is 0 Å². The second kappa shape index (κ2) is 2.46. The molecule has 0 amide bonds. The maximum absolute atomic E-state index is 5.36. The fourth-order valence-electron chi connectivity index (χ4n) is 0.558. The lowest BCUT2D eigenvalue weighted by molar-refractivity contribution is -0.0479. The van der Waals surface area contributed by atoms with Crippen molar-refractivity contribution in [3.8, 4) is 0 Å². The van der Waals surface area contributed by atoms with Gasteiger partial charge in [-0.25, -0.2) is 0 Å². The first-order valence-corrected chi connectivity index (χ1v) is 2.85. The zero-order valence-corrected chi connectivity index (χ0v) is 6.06. The van der Waals surface area contributed by atoms with E-state index in [2.05, 4.69) is 0 Å². The first-order chi connectivity index (χ1) is 3.42. The minimum Gasteiger partial charge on any atom is -0.358 e. The number of rotatable bonds is 1. The van der Waals surface area contributed by atoms with Crippen LogP contribution in [0.25, 0.3) is 0 Å². The van der Waals surface area contributed by atoms with Gasteiger partial charge in [0.25, 0.3) is 0 Å². The lowest BCUT2D eigenvalue weighted by Gasteiger charge is -2.21. The molecule has 0 saturated heterocycles. The standard InChI is InChI=1S/C6H15NO/c1-5(7)8-6(2,3)4/h5H,7H2,1-4H3. The van der Waals surface area contributed by atoms with Crippen LogP contribution in [0.2, 0.25) is 0 Å². The minimum atomic E-state index is -0.157. The van der Waals surface area contributed by atoms with Crippen LogP contribution in [0, 0.1) is 0 Å². The average Bonchev–Trinajstić information content (AvgIpc) is 1.21. The van der Waals surface area contributed by atoms with Crippen molar-refractivity contribution in [1.82, 2.24) is 0 Å². The van der Waals surface area contributed by atoms with Crippen LogP contribution < -0.4 is 5.73 Å². The molecule has 0 saturated carbocycles. The van der Waals surface area contributed by atoms with Gasteiger partial charge in [-0.2, -0.15) is 0 Å². The third kappa shape index (κ3) is 5.92. The van der Waals surface area contributed by atoms with Gasteiger partial charge in [0.1, 0.15) is 6.23 Å². The first-order valence-electron chi connectivity index (χ1n) is 2.85. The second-order valence-corrected chi connectivity index (χ2v) is 2.94. The predicted molar refractivity (Wildman–Crippen MR) is 34.5 cm³/mol. The molecule has 8 heavy (non-hydrogen) atoms. The fourth-order valence-corrected chi connectivity index (χ4v) is 0.558. The van der Waals surface area contributed by atoms with Crippen molar-refractivity contribution in [3.63, 3.8) is 0 Å². The molecule has 0 spiro atoms. The van der Waals surface area contributed by atoms with Crippen molar-refractivity contribution < 1.29 is 4.74 Å². The van der Waals surface area contributed by atoms with E-state index in [1.165, 1.54) is 0 Å². The molecule has 2 N–H and O–H groups in total. The first kappa shape index (κ1) is 7.92. The van der Waals surface area contributed by atoms with E-state index in [1.807, 2.05) is 27.7 Å². The summed E-state index contributed by atoms with van der Waals surface area (Å²) in [6.45, 7) is 7.77. The minimum absolute atomic E-state index is 0.103. The summed E-state index contributed by atoms with van der Waals surface area (Å²) in [5, 5.41) is 0. The molecular weight excluding hydrogens is 102 g/mol. The monoisotopic (exact) mass is 117 g/mol.